The molecule has 0 unspecified atom stereocenters. The van der Waals surface area contributed by atoms with E-state index < -0.39 is 0 Å². The summed E-state index contributed by atoms with van der Waals surface area (Å²) in [5, 5.41) is 3.56. The van der Waals surface area contributed by atoms with Crippen LogP contribution in [0.15, 0.2) is 28.4 Å². The van der Waals surface area contributed by atoms with Crippen LogP contribution in [0.25, 0.3) is 6.08 Å². The maximum Gasteiger partial charge on any atom is 0.0630 e. The zero-order valence-corrected chi connectivity index (χ0v) is 14.0. The van der Waals surface area contributed by atoms with Crippen molar-refractivity contribution < 1.29 is 0 Å². The van der Waals surface area contributed by atoms with Crippen molar-refractivity contribution >= 4 is 22.0 Å². The van der Waals surface area contributed by atoms with Crippen LogP contribution in [0.4, 0.5) is 0 Å². The summed E-state index contributed by atoms with van der Waals surface area (Å²) in [6.45, 7) is 4.32. The van der Waals surface area contributed by atoms with E-state index in [-0.39, 0.29) is 0 Å². The molecule has 0 bridgehead atoms. The van der Waals surface area contributed by atoms with Gasteiger partial charge in [-0.3, -0.25) is 4.98 Å². The lowest BCUT2D eigenvalue weighted by atomic mass is 9.83. The van der Waals surface area contributed by atoms with Crippen molar-refractivity contribution in [2.75, 3.05) is 13.1 Å². The second-order valence-electron chi connectivity index (χ2n) is 5.63. The SMILES string of the molecule is CCCNC/C(=C/c1ccc(Br)cn1)C1CCCCC1. The lowest BCUT2D eigenvalue weighted by Crippen LogP contribution is -2.23. The molecule has 0 aliphatic heterocycles. The molecule has 0 saturated heterocycles. The molecule has 3 heteroatoms. The van der Waals surface area contributed by atoms with Crippen LogP contribution >= 0.6 is 15.9 Å². The first-order chi connectivity index (χ1) is 9.79. The van der Waals surface area contributed by atoms with Crippen LogP contribution in [0.1, 0.15) is 51.1 Å². The number of pyridine rings is 1. The maximum absolute atomic E-state index is 4.49. The summed E-state index contributed by atoms with van der Waals surface area (Å²) in [7, 11) is 0. The van der Waals surface area contributed by atoms with Crippen molar-refractivity contribution in [3.05, 3.63) is 34.1 Å². The summed E-state index contributed by atoms with van der Waals surface area (Å²) >= 11 is 3.44. The highest BCUT2D eigenvalue weighted by Gasteiger charge is 2.17. The standard InChI is InChI=1S/C17H25BrN2/c1-2-10-19-12-15(14-6-4-3-5-7-14)11-17-9-8-16(18)13-20-17/h8-9,11,13-14,19H,2-7,10,12H2,1H3/b15-11-. The van der Waals surface area contributed by atoms with Crippen molar-refractivity contribution in [1.82, 2.24) is 10.3 Å². The Bertz CT molecular complexity index is 419. The van der Waals surface area contributed by atoms with E-state index in [0.29, 0.717) is 0 Å². The summed E-state index contributed by atoms with van der Waals surface area (Å²) in [5.74, 6) is 0.749. The highest BCUT2D eigenvalue weighted by atomic mass is 79.9. The van der Waals surface area contributed by atoms with Crippen LogP contribution in [-0.2, 0) is 0 Å². The summed E-state index contributed by atoms with van der Waals surface area (Å²) in [4.78, 5) is 4.49. The molecule has 1 aromatic rings. The van der Waals surface area contributed by atoms with Crippen LogP contribution in [0.3, 0.4) is 0 Å². The fraction of sp³-hybridized carbons (Fsp3) is 0.588. The Morgan fingerprint density at radius 2 is 2.15 bits per heavy atom. The molecule has 0 radical (unpaired) electrons. The Morgan fingerprint density at radius 3 is 2.80 bits per heavy atom. The minimum atomic E-state index is 0.749. The van der Waals surface area contributed by atoms with Gasteiger partial charge in [-0.2, -0.15) is 0 Å². The van der Waals surface area contributed by atoms with E-state index in [2.05, 4.69) is 51.4 Å². The number of nitrogens with zero attached hydrogens (tertiary/aromatic N) is 1. The molecule has 1 saturated carbocycles. The third kappa shape index (κ3) is 5.02. The summed E-state index contributed by atoms with van der Waals surface area (Å²) < 4.78 is 1.04. The van der Waals surface area contributed by atoms with Gasteiger partial charge in [0.15, 0.2) is 0 Å². The molecular weight excluding hydrogens is 312 g/mol. The average Bonchev–Trinajstić information content (AvgIpc) is 2.49. The number of halogens is 1. The predicted molar refractivity (Wildman–Crippen MR) is 89.6 cm³/mol. The average molecular weight is 337 g/mol. The monoisotopic (exact) mass is 336 g/mol. The van der Waals surface area contributed by atoms with Crippen LogP contribution in [0.5, 0.6) is 0 Å². The van der Waals surface area contributed by atoms with Gasteiger partial charge in [-0.25, -0.2) is 0 Å². The fourth-order valence-corrected chi connectivity index (χ4v) is 3.09. The minimum absolute atomic E-state index is 0.749. The molecule has 1 aliphatic rings. The molecule has 110 valence electrons. The first-order valence-corrected chi connectivity index (χ1v) is 8.61. The number of nitrogens with one attached hydrogen (secondary N) is 1. The van der Waals surface area contributed by atoms with Gasteiger partial charge < -0.3 is 5.32 Å². The smallest absolute Gasteiger partial charge is 0.0630 e. The third-order valence-electron chi connectivity index (χ3n) is 3.97. The van der Waals surface area contributed by atoms with E-state index in [4.69, 9.17) is 0 Å². The second-order valence-corrected chi connectivity index (χ2v) is 6.55. The Balaban J connectivity index is 2.09. The highest BCUT2D eigenvalue weighted by molar-refractivity contribution is 9.10. The quantitative estimate of drug-likeness (QED) is 0.754. The summed E-state index contributed by atoms with van der Waals surface area (Å²) in [6.07, 6.45) is 12.2. The maximum atomic E-state index is 4.49. The van der Waals surface area contributed by atoms with Crippen LogP contribution in [0, 0.1) is 5.92 Å². The molecule has 0 spiro atoms. The van der Waals surface area contributed by atoms with E-state index >= 15 is 0 Å². The molecule has 0 aromatic carbocycles. The lowest BCUT2D eigenvalue weighted by Gasteiger charge is -2.25. The van der Waals surface area contributed by atoms with Gasteiger partial charge in [0.05, 0.1) is 5.69 Å². The molecule has 2 nitrogen and oxygen atoms in total. The molecule has 1 heterocycles. The van der Waals surface area contributed by atoms with Gasteiger partial charge in [-0.1, -0.05) is 31.8 Å². The van der Waals surface area contributed by atoms with Gasteiger partial charge in [0, 0.05) is 17.2 Å². The molecule has 2 rings (SSSR count). The van der Waals surface area contributed by atoms with Crippen molar-refractivity contribution in [3.8, 4) is 0 Å². The van der Waals surface area contributed by atoms with Crippen molar-refractivity contribution in [2.24, 2.45) is 5.92 Å². The third-order valence-corrected chi connectivity index (χ3v) is 4.44. The lowest BCUT2D eigenvalue weighted by molar-refractivity contribution is 0.396. The highest BCUT2D eigenvalue weighted by Crippen LogP contribution is 2.30. The normalized spacial score (nSPS) is 17.4. The van der Waals surface area contributed by atoms with E-state index in [1.54, 1.807) is 0 Å². The molecule has 20 heavy (non-hydrogen) atoms. The molecule has 0 amide bonds. The first-order valence-electron chi connectivity index (χ1n) is 7.82. The molecule has 1 aromatic heterocycles. The van der Waals surface area contributed by atoms with E-state index in [0.717, 1.165) is 29.2 Å². The molecular formula is C17H25BrN2. The molecule has 1 N–H and O–H groups in total. The number of hydrogen-bond acceptors (Lipinski definition) is 2. The molecule has 1 fully saturated rings. The predicted octanol–water partition coefficient (Wildman–Crippen LogP) is 4.81. The largest absolute Gasteiger partial charge is 0.313 e. The summed E-state index contributed by atoms with van der Waals surface area (Å²) in [6, 6.07) is 4.16. The number of rotatable bonds is 6. The van der Waals surface area contributed by atoms with Crippen molar-refractivity contribution in [1.29, 1.82) is 0 Å². The minimum Gasteiger partial charge on any atom is -0.313 e. The Hall–Kier alpha value is -0.670. The fourth-order valence-electron chi connectivity index (χ4n) is 2.86. The van der Waals surface area contributed by atoms with Crippen molar-refractivity contribution in [2.45, 2.75) is 45.4 Å². The zero-order chi connectivity index (χ0) is 14.2. The Morgan fingerprint density at radius 1 is 1.35 bits per heavy atom. The summed E-state index contributed by atoms with van der Waals surface area (Å²) in [5.41, 5.74) is 2.61. The molecule has 0 atom stereocenters. The Kier molecular flexibility index (Phi) is 6.74. The second kappa shape index (κ2) is 8.58. The van der Waals surface area contributed by atoms with Gasteiger partial charge in [0.25, 0.3) is 0 Å². The number of aromatic nitrogens is 1. The topological polar surface area (TPSA) is 24.9 Å². The number of hydrogen-bond donors (Lipinski definition) is 1. The van der Waals surface area contributed by atoms with Crippen LogP contribution in [0.2, 0.25) is 0 Å². The van der Waals surface area contributed by atoms with Gasteiger partial charge >= 0.3 is 0 Å². The van der Waals surface area contributed by atoms with Crippen LogP contribution in [-0.4, -0.2) is 18.1 Å². The van der Waals surface area contributed by atoms with E-state index in [1.807, 2.05) is 6.20 Å². The molecule has 1 aliphatic carbocycles. The van der Waals surface area contributed by atoms with Gasteiger partial charge in [-0.05, 0) is 65.9 Å². The Labute approximate surface area is 131 Å². The van der Waals surface area contributed by atoms with Gasteiger partial charge in [-0.15, -0.1) is 0 Å². The van der Waals surface area contributed by atoms with E-state index in [9.17, 15) is 0 Å². The van der Waals surface area contributed by atoms with Gasteiger partial charge in [0.2, 0.25) is 0 Å². The van der Waals surface area contributed by atoms with Crippen molar-refractivity contribution in [3.63, 3.8) is 0 Å². The van der Waals surface area contributed by atoms with Crippen LogP contribution < -0.4 is 5.32 Å². The first kappa shape index (κ1) is 15.7. The van der Waals surface area contributed by atoms with Gasteiger partial charge in [0.1, 0.15) is 0 Å². The van der Waals surface area contributed by atoms with E-state index in [1.165, 1.54) is 44.1 Å². The zero-order valence-electron chi connectivity index (χ0n) is 12.4.